The molecule has 19 heavy (non-hydrogen) atoms. The highest BCUT2D eigenvalue weighted by Crippen LogP contribution is 2.25. The molecule has 1 aromatic carbocycles. The van der Waals surface area contributed by atoms with E-state index in [9.17, 15) is 0 Å². The molecule has 0 amide bonds. The van der Waals surface area contributed by atoms with Crippen LogP contribution in [0.4, 0.5) is 5.82 Å². The fraction of sp³-hybridized carbons (Fsp3) is 0.267. The maximum atomic E-state index is 6.01. The van der Waals surface area contributed by atoms with E-state index in [4.69, 9.17) is 5.73 Å². The van der Waals surface area contributed by atoms with Gasteiger partial charge < -0.3 is 5.73 Å². The molecule has 0 aliphatic heterocycles. The summed E-state index contributed by atoms with van der Waals surface area (Å²) in [5.41, 5.74) is 10.1. The lowest BCUT2D eigenvalue weighted by molar-refractivity contribution is 0.960. The van der Waals surface area contributed by atoms with E-state index in [-0.39, 0.29) is 0 Å². The maximum Gasteiger partial charge on any atom is 0.165 e. The number of rotatable bonds is 1. The summed E-state index contributed by atoms with van der Waals surface area (Å²) < 4.78 is 0. The minimum Gasteiger partial charge on any atom is -0.383 e. The Morgan fingerprint density at radius 1 is 1.00 bits per heavy atom. The van der Waals surface area contributed by atoms with Crippen molar-refractivity contribution in [3.63, 3.8) is 0 Å². The van der Waals surface area contributed by atoms with E-state index in [0.717, 1.165) is 28.5 Å². The quantitative estimate of drug-likeness (QED) is 0.676. The second-order valence-electron chi connectivity index (χ2n) is 4.89. The number of nitrogen functional groups attached to an aromatic ring is 1. The van der Waals surface area contributed by atoms with E-state index in [1.54, 1.807) is 0 Å². The molecular weight excluding hydrogens is 236 g/mol. The predicted molar refractivity (Wildman–Crippen MR) is 78.1 cm³/mol. The van der Waals surface area contributed by atoms with Crippen LogP contribution in [-0.4, -0.2) is 15.0 Å². The van der Waals surface area contributed by atoms with Crippen molar-refractivity contribution in [1.82, 2.24) is 15.0 Å². The second-order valence-corrected chi connectivity index (χ2v) is 4.89. The van der Waals surface area contributed by atoms with Crippen molar-refractivity contribution < 1.29 is 0 Å². The molecule has 2 heterocycles. The van der Waals surface area contributed by atoms with Gasteiger partial charge in [0.1, 0.15) is 11.6 Å². The maximum absolute atomic E-state index is 6.01. The highest BCUT2D eigenvalue weighted by Gasteiger charge is 2.09. The number of nitrogens with two attached hydrogens (primary N) is 1. The van der Waals surface area contributed by atoms with Gasteiger partial charge in [-0.2, -0.15) is 0 Å². The summed E-state index contributed by atoms with van der Waals surface area (Å²) >= 11 is 0. The van der Waals surface area contributed by atoms with E-state index < -0.39 is 0 Å². The van der Waals surface area contributed by atoms with Gasteiger partial charge in [-0.25, -0.2) is 15.0 Å². The molecule has 0 spiro atoms. The molecule has 0 saturated carbocycles. The Hall–Kier alpha value is -2.23. The fourth-order valence-electron chi connectivity index (χ4n) is 2.40. The Kier molecular flexibility index (Phi) is 2.59. The van der Waals surface area contributed by atoms with Gasteiger partial charge in [0.15, 0.2) is 5.65 Å². The van der Waals surface area contributed by atoms with Crippen molar-refractivity contribution in [3.05, 3.63) is 35.2 Å². The molecule has 0 atom stereocenters. The minimum atomic E-state index is 0.510. The number of aryl methyl sites for hydroxylation is 3. The van der Waals surface area contributed by atoms with Crippen molar-refractivity contribution in [2.24, 2.45) is 0 Å². The molecule has 2 N–H and O–H groups in total. The average Bonchev–Trinajstić information content (AvgIpc) is 2.36. The molecule has 3 aromatic rings. The van der Waals surface area contributed by atoms with Gasteiger partial charge in [0.05, 0.1) is 10.9 Å². The molecule has 0 radical (unpaired) electrons. The molecule has 0 unspecified atom stereocenters. The number of benzene rings is 1. The van der Waals surface area contributed by atoms with Crippen molar-refractivity contribution in [1.29, 1.82) is 0 Å². The van der Waals surface area contributed by atoms with Gasteiger partial charge in [0.2, 0.25) is 0 Å². The molecule has 0 bridgehead atoms. The van der Waals surface area contributed by atoms with Crippen LogP contribution in [0.1, 0.15) is 23.9 Å². The summed E-state index contributed by atoms with van der Waals surface area (Å²) in [6, 6.07) is 6.26. The fourth-order valence-corrected chi connectivity index (χ4v) is 2.40. The van der Waals surface area contributed by atoms with Gasteiger partial charge >= 0.3 is 0 Å². The van der Waals surface area contributed by atoms with Crippen molar-refractivity contribution in [3.8, 4) is 0 Å². The van der Waals surface area contributed by atoms with Gasteiger partial charge in [0, 0.05) is 11.8 Å². The van der Waals surface area contributed by atoms with Crippen molar-refractivity contribution in [2.45, 2.75) is 27.2 Å². The SMILES string of the molecule is CCc1nc(N)c2cc3c(C)cc(C)cc3nc2n1. The number of anilines is 1. The van der Waals surface area contributed by atoms with E-state index in [1.807, 2.05) is 13.0 Å². The van der Waals surface area contributed by atoms with Crippen LogP contribution in [0.5, 0.6) is 0 Å². The molecule has 96 valence electrons. The first-order valence-electron chi connectivity index (χ1n) is 6.42. The number of hydrogen-bond donors (Lipinski definition) is 1. The zero-order chi connectivity index (χ0) is 13.6. The monoisotopic (exact) mass is 252 g/mol. The average molecular weight is 252 g/mol. The smallest absolute Gasteiger partial charge is 0.165 e. The number of pyridine rings is 1. The molecule has 0 fully saturated rings. The zero-order valence-corrected chi connectivity index (χ0v) is 11.4. The highest BCUT2D eigenvalue weighted by molar-refractivity contribution is 5.97. The van der Waals surface area contributed by atoms with Crippen molar-refractivity contribution >= 4 is 27.8 Å². The van der Waals surface area contributed by atoms with Gasteiger partial charge in [-0.3, -0.25) is 0 Å². The molecular formula is C15H16N4. The Morgan fingerprint density at radius 2 is 1.79 bits per heavy atom. The summed E-state index contributed by atoms with van der Waals surface area (Å²) in [6.07, 6.45) is 0.757. The third-order valence-corrected chi connectivity index (χ3v) is 3.34. The summed E-state index contributed by atoms with van der Waals surface area (Å²) in [5.74, 6) is 1.25. The third kappa shape index (κ3) is 1.89. The normalized spacial score (nSPS) is 11.3. The van der Waals surface area contributed by atoms with Crippen LogP contribution < -0.4 is 5.73 Å². The van der Waals surface area contributed by atoms with Crippen LogP contribution in [-0.2, 0) is 6.42 Å². The molecule has 4 heteroatoms. The molecule has 0 aliphatic carbocycles. The van der Waals surface area contributed by atoms with Gasteiger partial charge in [-0.15, -0.1) is 0 Å². The Bertz CT molecular complexity index is 793. The minimum absolute atomic E-state index is 0.510. The Morgan fingerprint density at radius 3 is 2.53 bits per heavy atom. The summed E-state index contributed by atoms with van der Waals surface area (Å²) in [6.45, 7) is 6.17. The summed E-state index contributed by atoms with van der Waals surface area (Å²) in [5, 5.41) is 1.94. The van der Waals surface area contributed by atoms with Gasteiger partial charge in [-0.05, 0) is 37.1 Å². The topological polar surface area (TPSA) is 64.7 Å². The van der Waals surface area contributed by atoms with Crippen LogP contribution in [0.2, 0.25) is 0 Å². The van der Waals surface area contributed by atoms with Crippen LogP contribution in [0, 0.1) is 13.8 Å². The summed E-state index contributed by atoms with van der Waals surface area (Å²) in [7, 11) is 0. The third-order valence-electron chi connectivity index (χ3n) is 3.34. The van der Waals surface area contributed by atoms with Gasteiger partial charge in [0.25, 0.3) is 0 Å². The first-order chi connectivity index (χ1) is 9.08. The molecule has 0 aliphatic rings. The van der Waals surface area contributed by atoms with Crippen LogP contribution in [0.3, 0.4) is 0 Å². The number of nitrogens with zero attached hydrogens (tertiary/aromatic N) is 3. The predicted octanol–water partition coefficient (Wildman–Crippen LogP) is 2.94. The first kappa shape index (κ1) is 11.8. The Labute approximate surface area is 111 Å². The van der Waals surface area contributed by atoms with Crippen molar-refractivity contribution in [2.75, 3.05) is 5.73 Å². The first-order valence-corrected chi connectivity index (χ1v) is 6.42. The lowest BCUT2D eigenvalue weighted by Crippen LogP contribution is -2.01. The number of hydrogen-bond acceptors (Lipinski definition) is 4. The van der Waals surface area contributed by atoms with E-state index in [1.165, 1.54) is 11.1 Å². The van der Waals surface area contributed by atoms with Gasteiger partial charge in [-0.1, -0.05) is 13.0 Å². The molecule has 4 nitrogen and oxygen atoms in total. The zero-order valence-electron chi connectivity index (χ0n) is 11.4. The van der Waals surface area contributed by atoms with Crippen LogP contribution >= 0.6 is 0 Å². The van der Waals surface area contributed by atoms with E-state index in [2.05, 4.69) is 40.9 Å². The summed E-state index contributed by atoms with van der Waals surface area (Å²) in [4.78, 5) is 13.4. The number of fused-ring (bicyclic) bond motifs is 2. The molecule has 2 aromatic heterocycles. The number of aromatic nitrogens is 3. The largest absolute Gasteiger partial charge is 0.383 e. The van der Waals surface area contributed by atoms with Crippen LogP contribution in [0.15, 0.2) is 18.2 Å². The van der Waals surface area contributed by atoms with Crippen LogP contribution in [0.25, 0.3) is 21.9 Å². The van der Waals surface area contributed by atoms with E-state index in [0.29, 0.717) is 11.5 Å². The molecule has 0 saturated heterocycles. The Balaban J connectivity index is 2.45. The molecule has 3 rings (SSSR count). The highest BCUT2D eigenvalue weighted by atomic mass is 15.0. The second kappa shape index (κ2) is 4.16. The standard InChI is InChI=1S/C15H16N4/c1-4-13-18-14(16)11-7-10-9(3)5-8(2)6-12(10)17-15(11)19-13/h5-7H,4H2,1-3H3,(H2,16,17,18,19). The lowest BCUT2D eigenvalue weighted by atomic mass is 10.1. The van der Waals surface area contributed by atoms with E-state index >= 15 is 0 Å². The lowest BCUT2D eigenvalue weighted by Gasteiger charge is -2.08.